The van der Waals surface area contributed by atoms with E-state index in [0.717, 1.165) is 0 Å². The average molecular weight is 268 g/mol. The molecule has 0 aliphatic heterocycles. The molecule has 0 aliphatic carbocycles. The third-order valence-electron chi connectivity index (χ3n) is 2.80. The van der Waals surface area contributed by atoms with Gasteiger partial charge in [-0.15, -0.1) is 0 Å². The second-order valence-corrected chi connectivity index (χ2v) is 6.44. The Kier molecular flexibility index (Phi) is 5.34. The number of rotatable bonds is 5. The molecule has 1 amide bonds. The molecule has 2 unspecified atom stereocenters. The molecular formula is C13H20N2O2S. The number of nitrogens with two attached hydrogens (primary N) is 1. The summed E-state index contributed by atoms with van der Waals surface area (Å²) < 4.78 is 11.9. The Balaban J connectivity index is 2.54. The van der Waals surface area contributed by atoms with E-state index >= 15 is 0 Å². The van der Waals surface area contributed by atoms with Crippen molar-refractivity contribution in [3.05, 3.63) is 24.3 Å². The molecule has 1 rings (SSSR count). The van der Waals surface area contributed by atoms with Crippen LogP contribution < -0.4 is 11.1 Å². The topological polar surface area (TPSA) is 72.2 Å². The van der Waals surface area contributed by atoms with E-state index in [2.05, 4.69) is 5.32 Å². The highest BCUT2D eigenvalue weighted by atomic mass is 32.2. The number of nitrogen functional groups attached to an aromatic ring is 1. The van der Waals surface area contributed by atoms with Crippen LogP contribution in [0.2, 0.25) is 0 Å². The van der Waals surface area contributed by atoms with Gasteiger partial charge in [-0.3, -0.25) is 9.00 Å². The molecule has 3 N–H and O–H groups in total. The second kappa shape index (κ2) is 6.54. The molecule has 0 radical (unpaired) electrons. The average Bonchev–Trinajstić information content (AvgIpc) is 2.27. The van der Waals surface area contributed by atoms with Crippen molar-refractivity contribution in [2.24, 2.45) is 5.92 Å². The number of hydrogen-bond acceptors (Lipinski definition) is 3. The summed E-state index contributed by atoms with van der Waals surface area (Å²) in [6, 6.07) is 6.93. The number of carbonyl (C=O) groups excluding carboxylic acids is 1. The minimum absolute atomic E-state index is 0.0107. The summed E-state index contributed by atoms with van der Waals surface area (Å²) in [4.78, 5) is 11.7. The summed E-state index contributed by atoms with van der Waals surface area (Å²) in [5, 5.41) is 2.71. The number of carbonyl (C=O) groups is 1. The molecule has 1 aromatic rings. The molecule has 100 valence electrons. The minimum Gasteiger partial charge on any atom is -0.399 e. The molecule has 18 heavy (non-hydrogen) atoms. The predicted molar refractivity (Wildman–Crippen MR) is 76.8 cm³/mol. The Labute approximate surface area is 110 Å². The van der Waals surface area contributed by atoms with Crippen molar-refractivity contribution < 1.29 is 9.00 Å². The van der Waals surface area contributed by atoms with Gasteiger partial charge in [-0.2, -0.15) is 0 Å². The Morgan fingerprint density at radius 2 is 2.06 bits per heavy atom. The Hall–Kier alpha value is -1.36. The Morgan fingerprint density at radius 3 is 2.61 bits per heavy atom. The summed E-state index contributed by atoms with van der Waals surface area (Å²) >= 11 is 0. The maximum absolute atomic E-state index is 11.9. The van der Waals surface area contributed by atoms with Crippen LogP contribution in [0.4, 0.5) is 11.4 Å². The van der Waals surface area contributed by atoms with Crippen molar-refractivity contribution in [1.82, 2.24) is 0 Å². The number of anilines is 2. The number of nitrogens with one attached hydrogen (secondary N) is 1. The Morgan fingerprint density at radius 1 is 1.39 bits per heavy atom. The van der Waals surface area contributed by atoms with Gasteiger partial charge in [0.2, 0.25) is 5.91 Å². The maximum atomic E-state index is 11.9. The molecule has 0 fully saturated rings. The van der Waals surface area contributed by atoms with E-state index < -0.39 is 10.8 Å². The highest BCUT2D eigenvalue weighted by molar-refractivity contribution is 7.86. The third kappa shape index (κ3) is 4.49. The molecule has 4 nitrogen and oxygen atoms in total. The first-order valence-electron chi connectivity index (χ1n) is 5.92. The first-order chi connectivity index (χ1) is 8.40. The SMILES string of the molecule is CC(C)C(C)S(=O)CC(=O)Nc1cccc(N)c1. The zero-order chi connectivity index (χ0) is 13.7. The molecule has 0 saturated carbocycles. The van der Waals surface area contributed by atoms with E-state index in [1.165, 1.54) is 0 Å². The van der Waals surface area contributed by atoms with E-state index in [9.17, 15) is 9.00 Å². The van der Waals surface area contributed by atoms with Crippen molar-refractivity contribution in [2.75, 3.05) is 16.8 Å². The molecule has 1 aromatic carbocycles. The van der Waals surface area contributed by atoms with E-state index in [4.69, 9.17) is 5.73 Å². The van der Waals surface area contributed by atoms with Crippen LogP contribution in [-0.4, -0.2) is 21.1 Å². The van der Waals surface area contributed by atoms with Gasteiger partial charge >= 0.3 is 0 Å². The van der Waals surface area contributed by atoms with Gasteiger partial charge < -0.3 is 11.1 Å². The highest BCUT2D eigenvalue weighted by Crippen LogP contribution is 2.13. The van der Waals surface area contributed by atoms with Gasteiger partial charge in [-0.25, -0.2) is 0 Å². The van der Waals surface area contributed by atoms with E-state index in [1.807, 2.05) is 20.8 Å². The lowest BCUT2D eigenvalue weighted by Gasteiger charge is -2.14. The lowest BCUT2D eigenvalue weighted by atomic mass is 10.2. The van der Waals surface area contributed by atoms with E-state index in [1.54, 1.807) is 24.3 Å². The maximum Gasteiger partial charge on any atom is 0.237 e. The van der Waals surface area contributed by atoms with Gasteiger partial charge in [0, 0.05) is 27.4 Å². The zero-order valence-corrected chi connectivity index (χ0v) is 11.8. The van der Waals surface area contributed by atoms with Crippen LogP contribution >= 0.6 is 0 Å². The molecule has 0 heterocycles. The minimum atomic E-state index is -1.15. The summed E-state index contributed by atoms with van der Waals surface area (Å²) in [7, 11) is -1.15. The van der Waals surface area contributed by atoms with Crippen LogP contribution in [0, 0.1) is 5.92 Å². The predicted octanol–water partition coefficient (Wildman–Crippen LogP) is 2.00. The third-order valence-corrected chi connectivity index (χ3v) is 4.72. The fraction of sp³-hybridized carbons (Fsp3) is 0.462. The molecule has 0 aliphatic rings. The highest BCUT2D eigenvalue weighted by Gasteiger charge is 2.18. The van der Waals surface area contributed by atoms with Crippen LogP contribution in [0.3, 0.4) is 0 Å². The summed E-state index contributed by atoms with van der Waals surface area (Å²) in [5.74, 6) is 0.0752. The fourth-order valence-electron chi connectivity index (χ4n) is 1.38. The van der Waals surface area contributed by atoms with Gasteiger partial charge in [0.15, 0.2) is 0 Å². The number of amides is 1. The quantitative estimate of drug-likeness (QED) is 0.802. The van der Waals surface area contributed by atoms with Gasteiger partial charge in [0.25, 0.3) is 0 Å². The molecule has 0 aromatic heterocycles. The normalized spacial score (nSPS) is 14.2. The summed E-state index contributed by atoms with van der Waals surface area (Å²) in [6.45, 7) is 5.89. The van der Waals surface area contributed by atoms with Crippen molar-refractivity contribution in [1.29, 1.82) is 0 Å². The zero-order valence-electron chi connectivity index (χ0n) is 11.0. The largest absolute Gasteiger partial charge is 0.399 e. The number of benzene rings is 1. The van der Waals surface area contributed by atoms with Gasteiger partial charge in [-0.1, -0.05) is 26.8 Å². The van der Waals surface area contributed by atoms with Crippen molar-refractivity contribution in [3.63, 3.8) is 0 Å². The fourth-order valence-corrected chi connectivity index (χ4v) is 2.58. The van der Waals surface area contributed by atoms with Gasteiger partial charge in [0.1, 0.15) is 5.75 Å². The van der Waals surface area contributed by atoms with Crippen molar-refractivity contribution >= 4 is 28.1 Å². The van der Waals surface area contributed by atoms with Gasteiger partial charge in [0.05, 0.1) is 0 Å². The van der Waals surface area contributed by atoms with E-state index in [-0.39, 0.29) is 16.9 Å². The lowest BCUT2D eigenvalue weighted by molar-refractivity contribution is -0.113. The second-order valence-electron chi connectivity index (χ2n) is 4.65. The van der Waals surface area contributed by atoms with Gasteiger partial charge in [-0.05, 0) is 24.1 Å². The molecular weight excluding hydrogens is 248 g/mol. The van der Waals surface area contributed by atoms with Crippen LogP contribution in [0.5, 0.6) is 0 Å². The lowest BCUT2D eigenvalue weighted by Crippen LogP contribution is -2.27. The van der Waals surface area contributed by atoms with Crippen molar-refractivity contribution in [2.45, 2.75) is 26.0 Å². The summed E-state index contributed by atoms with van der Waals surface area (Å²) in [5.41, 5.74) is 6.83. The van der Waals surface area contributed by atoms with Crippen LogP contribution in [0.1, 0.15) is 20.8 Å². The van der Waals surface area contributed by atoms with E-state index in [0.29, 0.717) is 17.3 Å². The first kappa shape index (κ1) is 14.7. The van der Waals surface area contributed by atoms with Crippen LogP contribution in [-0.2, 0) is 15.6 Å². The van der Waals surface area contributed by atoms with Crippen molar-refractivity contribution in [3.8, 4) is 0 Å². The first-order valence-corrected chi connectivity index (χ1v) is 7.31. The monoisotopic (exact) mass is 268 g/mol. The molecule has 0 bridgehead atoms. The smallest absolute Gasteiger partial charge is 0.237 e. The molecule has 0 saturated heterocycles. The standard InChI is InChI=1S/C13H20N2O2S/c1-9(2)10(3)18(17)8-13(16)15-12-6-4-5-11(14)7-12/h4-7,9-10H,8,14H2,1-3H3,(H,15,16). The van der Waals surface area contributed by atoms with Crippen LogP contribution in [0.25, 0.3) is 0 Å². The Bertz CT molecular complexity index is 446. The summed E-state index contributed by atoms with van der Waals surface area (Å²) in [6.07, 6.45) is 0. The number of hydrogen-bond donors (Lipinski definition) is 2. The molecule has 5 heteroatoms. The van der Waals surface area contributed by atoms with Crippen LogP contribution in [0.15, 0.2) is 24.3 Å². The molecule has 0 spiro atoms. The molecule has 2 atom stereocenters.